The van der Waals surface area contributed by atoms with Gasteiger partial charge in [-0.05, 0) is 93.1 Å². The van der Waals surface area contributed by atoms with E-state index in [-0.39, 0.29) is 42.1 Å². The molecular formula is C39H54N4O4. The van der Waals surface area contributed by atoms with Crippen LogP contribution in [-0.2, 0) is 6.42 Å². The van der Waals surface area contributed by atoms with Crippen LogP contribution in [0.25, 0.3) is 10.9 Å². The summed E-state index contributed by atoms with van der Waals surface area (Å²) in [4.78, 5) is 8.08. The molecule has 47 heavy (non-hydrogen) atoms. The summed E-state index contributed by atoms with van der Waals surface area (Å²) >= 11 is 0. The predicted octanol–water partition coefficient (Wildman–Crippen LogP) is 4.58. The first-order chi connectivity index (χ1) is 22.8. The molecule has 8 heteroatoms. The number of fused-ring (bicyclic) bond motifs is 1. The number of aliphatic hydroxyl groups excluding tert-OH is 2. The number of nitrogens with zero attached hydrogens (tertiary/aromatic N) is 1. The number of benzene rings is 1. The lowest BCUT2D eigenvalue weighted by Gasteiger charge is -2.46. The summed E-state index contributed by atoms with van der Waals surface area (Å²) < 4.78 is 0. The first-order valence-corrected chi connectivity index (χ1v) is 18.3. The first-order valence-electron chi connectivity index (χ1n) is 18.3. The molecule has 7 N–H and O–H groups in total. The number of para-hydroxylation sites is 1. The van der Waals surface area contributed by atoms with Crippen molar-refractivity contribution in [3.05, 3.63) is 47.7 Å². The summed E-state index contributed by atoms with van der Waals surface area (Å²) in [5.74, 6) is 7.72. The normalized spacial score (nSPS) is 37.4. The van der Waals surface area contributed by atoms with E-state index in [0.29, 0.717) is 31.8 Å². The van der Waals surface area contributed by atoms with Crippen molar-refractivity contribution < 1.29 is 20.4 Å². The largest absolute Gasteiger partial charge is 0.396 e. The SMILES string of the molecule is CN=C(NCCCO)N[C@@H]1C#C[C@H]2CCC=C(Cc3cc4ccccc4[nH]3)[C@]23CC[C@](O)(C2CCCCC2)[C@H]2C[C@H](O)[C@@](O)(C1)[C@H]2C3. The number of aliphatic imine (C=N–C) groups is 1. The Balaban J connectivity index is 1.31. The van der Waals surface area contributed by atoms with Crippen LogP contribution >= 0.6 is 0 Å². The van der Waals surface area contributed by atoms with E-state index in [9.17, 15) is 20.4 Å². The molecule has 7 rings (SSSR count). The quantitative estimate of drug-likeness (QED) is 0.0778. The molecule has 1 heterocycles. The Morgan fingerprint density at radius 2 is 1.85 bits per heavy atom. The van der Waals surface area contributed by atoms with Crippen LogP contribution in [0.3, 0.4) is 0 Å². The Kier molecular flexibility index (Phi) is 9.21. The second-order valence-electron chi connectivity index (χ2n) is 15.3. The number of nitrogens with one attached hydrogen (secondary N) is 3. The van der Waals surface area contributed by atoms with E-state index in [4.69, 9.17) is 0 Å². The molecule has 1 spiro atoms. The summed E-state index contributed by atoms with van der Waals surface area (Å²) in [5.41, 5.74) is 1.06. The van der Waals surface area contributed by atoms with Gasteiger partial charge in [-0.15, -0.1) is 0 Å². The highest BCUT2D eigenvalue weighted by atomic mass is 16.3. The Morgan fingerprint density at radius 3 is 2.64 bits per heavy atom. The molecule has 2 aromatic rings. The van der Waals surface area contributed by atoms with Crippen LogP contribution in [0.15, 0.2) is 47.0 Å². The van der Waals surface area contributed by atoms with E-state index in [1.807, 2.05) is 0 Å². The van der Waals surface area contributed by atoms with Crippen LogP contribution in [0, 0.1) is 40.9 Å². The van der Waals surface area contributed by atoms with E-state index in [1.165, 1.54) is 23.1 Å². The molecule has 3 saturated carbocycles. The van der Waals surface area contributed by atoms with Gasteiger partial charge in [0, 0.05) is 55.6 Å². The molecule has 1 aromatic carbocycles. The number of hydrogen-bond acceptors (Lipinski definition) is 5. The van der Waals surface area contributed by atoms with Crippen molar-refractivity contribution in [3.8, 4) is 11.8 Å². The molecule has 0 amide bonds. The lowest BCUT2D eigenvalue weighted by molar-refractivity contribution is -0.123. The van der Waals surface area contributed by atoms with Gasteiger partial charge in [0.15, 0.2) is 5.96 Å². The number of guanidine groups is 1. The molecule has 2 bridgehead atoms. The molecular weight excluding hydrogens is 588 g/mol. The number of aromatic amines is 1. The van der Waals surface area contributed by atoms with Gasteiger partial charge in [-0.2, -0.15) is 0 Å². The molecule has 3 fully saturated rings. The molecule has 0 radical (unpaired) electrons. The van der Waals surface area contributed by atoms with Gasteiger partial charge in [0.1, 0.15) is 0 Å². The Morgan fingerprint density at radius 1 is 1.02 bits per heavy atom. The maximum Gasteiger partial charge on any atom is 0.191 e. The third kappa shape index (κ3) is 5.92. The van der Waals surface area contributed by atoms with Gasteiger partial charge >= 0.3 is 0 Å². The molecule has 5 aliphatic rings. The molecule has 0 saturated heterocycles. The Hall–Kier alpha value is -2.83. The second kappa shape index (κ2) is 13.2. The van der Waals surface area contributed by atoms with E-state index >= 15 is 0 Å². The number of allylic oxidation sites excluding steroid dienone is 2. The number of H-pyrrole nitrogens is 1. The summed E-state index contributed by atoms with van der Waals surface area (Å²) in [5, 5.41) is 54.9. The van der Waals surface area contributed by atoms with Gasteiger partial charge in [0.2, 0.25) is 0 Å². The number of rotatable bonds is 7. The summed E-state index contributed by atoms with van der Waals surface area (Å²) in [6, 6.07) is 10.2. The summed E-state index contributed by atoms with van der Waals surface area (Å²) in [7, 11) is 1.71. The molecule has 5 aliphatic carbocycles. The predicted molar refractivity (Wildman–Crippen MR) is 186 cm³/mol. The molecule has 1 aromatic heterocycles. The second-order valence-corrected chi connectivity index (χ2v) is 15.3. The highest BCUT2D eigenvalue weighted by molar-refractivity contribution is 5.81. The van der Waals surface area contributed by atoms with Crippen molar-refractivity contribution in [2.75, 3.05) is 20.2 Å². The number of hydrogen-bond donors (Lipinski definition) is 7. The highest BCUT2D eigenvalue weighted by Crippen LogP contribution is 2.64. The fraction of sp³-hybridized carbons (Fsp3) is 0.667. The monoisotopic (exact) mass is 642 g/mol. The molecule has 0 aliphatic heterocycles. The summed E-state index contributed by atoms with van der Waals surface area (Å²) in [6.45, 7) is 0.653. The maximum atomic E-state index is 13.0. The van der Waals surface area contributed by atoms with Gasteiger partial charge in [0.05, 0.1) is 23.3 Å². The average Bonchev–Trinajstić information content (AvgIpc) is 3.57. The zero-order chi connectivity index (χ0) is 32.6. The third-order valence-corrected chi connectivity index (χ3v) is 12.9. The van der Waals surface area contributed by atoms with Gasteiger partial charge in [0.25, 0.3) is 0 Å². The van der Waals surface area contributed by atoms with Crippen molar-refractivity contribution in [1.82, 2.24) is 15.6 Å². The summed E-state index contributed by atoms with van der Waals surface area (Å²) in [6.07, 6.45) is 13.2. The molecule has 8 nitrogen and oxygen atoms in total. The van der Waals surface area contributed by atoms with Gasteiger partial charge < -0.3 is 36.0 Å². The van der Waals surface area contributed by atoms with Crippen LogP contribution in [-0.4, -0.2) is 74.9 Å². The van der Waals surface area contributed by atoms with Crippen molar-refractivity contribution in [3.63, 3.8) is 0 Å². The van der Waals surface area contributed by atoms with Crippen molar-refractivity contribution in [2.45, 2.75) is 113 Å². The minimum atomic E-state index is -1.40. The number of aliphatic hydroxyl groups is 4. The fourth-order valence-corrected chi connectivity index (χ4v) is 10.5. The molecule has 8 atom stereocenters. The van der Waals surface area contributed by atoms with E-state index in [1.54, 1.807) is 7.05 Å². The van der Waals surface area contributed by atoms with Gasteiger partial charge in [-0.1, -0.05) is 61.0 Å². The average molecular weight is 643 g/mol. The standard InChI is InChI=1S/C39H54N4O4/c1-40-36(41-19-8-20-44)43-30-16-15-27-12-7-13-29(22-31-21-26-9-5-6-14-34(26)42-31)37(27)17-18-38(46,28-10-3-2-4-11-28)32-23-35(45)39(47,24-30)33(32)25-37/h5-6,9,13-14,21,27-28,30,32-33,35,42,44-47H,2-4,7-8,10-12,17-20,22-25H2,1H3,(H2,40,41,43)/t27-,30-,32+,33+,35+,37+,38+,39-/m1/s1. The van der Waals surface area contributed by atoms with Gasteiger partial charge in [-0.25, -0.2) is 0 Å². The van der Waals surface area contributed by atoms with Crippen LogP contribution in [0.2, 0.25) is 0 Å². The minimum absolute atomic E-state index is 0.0787. The fourth-order valence-electron chi connectivity index (χ4n) is 10.5. The Bertz CT molecular complexity index is 1520. The van der Waals surface area contributed by atoms with Crippen LogP contribution in [0.1, 0.15) is 89.2 Å². The lowest BCUT2D eigenvalue weighted by Crippen LogP contribution is -2.53. The van der Waals surface area contributed by atoms with E-state index in [2.05, 4.69) is 68.9 Å². The topological polar surface area (TPSA) is 133 Å². The van der Waals surface area contributed by atoms with Crippen LogP contribution < -0.4 is 10.6 Å². The zero-order valence-corrected chi connectivity index (χ0v) is 28.0. The van der Waals surface area contributed by atoms with Crippen molar-refractivity contribution in [1.29, 1.82) is 0 Å². The lowest BCUT2D eigenvalue weighted by atomic mass is 9.58. The molecule has 254 valence electrons. The highest BCUT2D eigenvalue weighted by Gasteiger charge is 2.65. The van der Waals surface area contributed by atoms with Gasteiger partial charge in [-0.3, -0.25) is 4.99 Å². The van der Waals surface area contributed by atoms with Crippen molar-refractivity contribution in [2.24, 2.45) is 34.1 Å². The van der Waals surface area contributed by atoms with E-state index < -0.39 is 23.3 Å². The van der Waals surface area contributed by atoms with Crippen molar-refractivity contribution >= 4 is 16.9 Å². The number of aromatic nitrogens is 1. The maximum absolute atomic E-state index is 13.0. The molecule has 0 unspecified atom stereocenters. The van der Waals surface area contributed by atoms with E-state index in [0.717, 1.165) is 63.3 Å². The van der Waals surface area contributed by atoms with Crippen LogP contribution in [0.4, 0.5) is 0 Å². The Labute approximate surface area is 279 Å². The zero-order valence-electron chi connectivity index (χ0n) is 28.0. The smallest absolute Gasteiger partial charge is 0.191 e. The van der Waals surface area contributed by atoms with Crippen LogP contribution in [0.5, 0.6) is 0 Å². The first kappa shape index (κ1) is 32.7. The third-order valence-electron chi connectivity index (χ3n) is 12.9. The minimum Gasteiger partial charge on any atom is -0.396 e.